The van der Waals surface area contributed by atoms with Crippen LogP contribution in [0.5, 0.6) is 11.5 Å². The molecule has 0 aliphatic rings. The molecule has 176 valence electrons. The average molecular weight is 509 g/mol. The van der Waals surface area contributed by atoms with E-state index in [-0.39, 0.29) is 24.8 Å². The van der Waals surface area contributed by atoms with Gasteiger partial charge in [0.15, 0.2) is 0 Å². The van der Waals surface area contributed by atoms with Crippen LogP contribution in [0, 0.1) is 0 Å². The minimum atomic E-state index is -3.54. The number of pyridine rings is 2. The smallest absolute Gasteiger partial charge is 0.495 e. The lowest BCUT2D eigenvalue weighted by molar-refractivity contribution is 0.209. The number of nitrogens with zero attached hydrogens (tertiary/aromatic N) is 2. The Kier molecular flexibility index (Phi) is 8.69. The fraction of sp³-hybridized carbons (Fsp3) is 0.375. The second kappa shape index (κ2) is 10.8. The monoisotopic (exact) mass is 509 g/mol. The van der Waals surface area contributed by atoms with Gasteiger partial charge in [0.25, 0.3) is 0 Å². The molecular weight excluding hydrogens is 487 g/mol. The number of ether oxygens (including phenoxy) is 2. The van der Waals surface area contributed by atoms with Crippen molar-refractivity contribution in [2.75, 3.05) is 36.2 Å². The molecule has 0 aromatic carbocycles. The van der Waals surface area contributed by atoms with Crippen LogP contribution in [0.3, 0.4) is 0 Å². The highest BCUT2D eigenvalue weighted by molar-refractivity contribution is 7.92. The summed E-state index contributed by atoms with van der Waals surface area (Å²) < 4.78 is 82.8. The maximum atomic E-state index is 12.2. The van der Waals surface area contributed by atoms with Gasteiger partial charge in [0, 0.05) is 15.7 Å². The van der Waals surface area contributed by atoms with E-state index in [1.807, 2.05) is 0 Å². The maximum absolute atomic E-state index is 12.2. The third kappa shape index (κ3) is 8.51. The highest BCUT2D eigenvalue weighted by atomic mass is 32.2. The number of methoxy groups -OCH3 is 2. The van der Waals surface area contributed by atoms with E-state index in [1.54, 1.807) is 0 Å². The minimum absolute atomic E-state index is 0.0375. The summed E-state index contributed by atoms with van der Waals surface area (Å²) in [5.74, 6) is 0.658. The molecule has 0 bridgehead atoms. The van der Waals surface area contributed by atoms with E-state index in [1.165, 1.54) is 38.7 Å². The summed E-state index contributed by atoms with van der Waals surface area (Å²) >= 11 is 0. The van der Waals surface area contributed by atoms with Gasteiger partial charge in [-0.25, -0.2) is 26.8 Å². The topological polar surface area (TPSA) is 172 Å². The van der Waals surface area contributed by atoms with Crippen molar-refractivity contribution in [1.82, 2.24) is 9.97 Å². The van der Waals surface area contributed by atoms with Crippen LogP contribution < -0.4 is 18.9 Å². The fourth-order valence-electron chi connectivity index (χ4n) is 2.34. The number of anilines is 2. The number of hydrogen-bond donors (Lipinski definition) is 2. The molecule has 13 nitrogen and oxygen atoms in total. The summed E-state index contributed by atoms with van der Waals surface area (Å²) in [4.78, 5) is 7.82. The number of aromatic nitrogens is 2. The van der Waals surface area contributed by atoms with Crippen molar-refractivity contribution < 1.29 is 39.9 Å². The molecule has 0 unspecified atom stereocenters. The van der Waals surface area contributed by atoms with Gasteiger partial charge in [-0.05, 0) is 12.1 Å². The molecule has 2 heterocycles. The van der Waals surface area contributed by atoms with Crippen molar-refractivity contribution in [3.8, 4) is 11.5 Å². The summed E-state index contributed by atoms with van der Waals surface area (Å²) in [6.45, 7) is -0.457. The predicted octanol–water partition coefficient (Wildman–Crippen LogP) is 1.63. The van der Waals surface area contributed by atoms with E-state index in [9.17, 15) is 21.4 Å². The molecule has 2 aromatic rings. The van der Waals surface area contributed by atoms with Crippen molar-refractivity contribution in [2.24, 2.45) is 0 Å². The molecule has 2 aromatic heterocycles. The molecule has 16 heteroatoms. The quantitative estimate of drug-likeness (QED) is 0.398. The van der Waals surface area contributed by atoms with Crippen molar-refractivity contribution in [3.05, 3.63) is 35.7 Å². The molecule has 0 fully saturated rings. The standard InChI is InChI=1S/C16H22N4O9PS2/c1-26-13-7-17-15(19-31(3,22)23)5-11(13)9-28-30(21)29-10-12-6-16(20-32(4,24)25)18-8-14(12)27-2/h5-8H,9-10H2,1-4H3,(H,17,19)(H,18,20)/q+1. The Morgan fingerprint density at radius 3 is 1.50 bits per heavy atom. The Morgan fingerprint density at radius 1 is 0.812 bits per heavy atom. The second-order valence-corrected chi connectivity index (χ2v) is 10.7. The van der Waals surface area contributed by atoms with Crippen molar-refractivity contribution >= 4 is 39.9 Å². The number of sulfonamides is 2. The van der Waals surface area contributed by atoms with E-state index >= 15 is 0 Å². The van der Waals surface area contributed by atoms with Gasteiger partial charge >= 0.3 is 8.25 Å². The van der Waals surface area contributed by atoms with Crippen LogP contribution >= 0.6 is 8.25 Å². The lowest BCUT2D eigenvalue weighted by atomic mass is 10.2. The first kappa shape index (κ1) is 25.7. The summed E-state index contributed by atoms with van der Waals surface area (Å²) in [5, 5.41) is 0. The molecule has 0 atom stereocenters. The van der Waals surface area contributed by atoms with Crippen molar-refractivity contribution in [3.63, 3.8) is 0 Å². The van der Waals surface area contributed by atoms with Gasteiger partial charge in [-0.1, -0.05) is 0 Å². The Bertz CT molecular complexity index is 1100. The van der Waals surface area contributed by atoms with Crippen LogP contribution in [0.25, 0.3) is 0 Å². The zero-order valence-corrected chi connectivity index (χ0v) is 20.1. The number of rotatable bonds is 12. The first-order valence-electron chi connectivity index (χ1n) is 8.64. The highest BCUT2D eigenvalue weighted by Crippen LogP contribution is 2.32. The molecule has 32 heavy (non-hydrogen) atoms. The second-order valence-electron chi connectivity index (χ2n) is 6.28. The largest absolute Gasteiger partial charge is 0.698 e. The lowest BCUT2D eigenvalue weighted by Gasteiger charge is -2.09. The molecule has 2 rings (SSSR count). The predicted molar refractivity (Wildman–Crippen MR) is 116 cm³/mol. The average Bonchev–Trinajstić information content (AvgIpc) is 2.68. The first-order chi connectivity index (χ1) is 14.9. The van der Waals surface area contributed by atoms with Gasteiger partial charge in [0.2, 0.25) is 20.0 Å². The molecular formula is C16H22N4O9PS2+. The Balaban J connectivity index is 2.05. The Hall–Kier alpha value is -2.58. The zero-order valence-electron chi connectivity index (χ0n) is 17.6. The third-order valence-electron chi connectivity index (χ3n) is 3.57. The van der Waals surface area contributed by atoms with Gasteiger partial charge in [-0.3, -0.25) is 9.44 Å². The Morgan fingerprint density at radius 2 is 1.19 bits per heavy atom. The van der Waals surface area contributed by atoms with E-state index in [0.29, 0.717) is 22.6 Å². The van der Waals surface area contributed by atoms with Crippen LogP contribution in [0.2, 0.25) is 0 Å². The third-order valence-corrected chi connectivity index (χ3v) is 5.41. The van der Waals surface area contributed by atoms with Crippen molar-refractivity contribution in [2.45, 2.75) is 13.2 Å². The SMILES string of the molecule is COc1cnc(NS(C)(=O)=O)cc1CO[P+](=O)OCc1cc(NS(C)(=O)=O)ncc1OC. The Labute approximate surface area is 186 Å². The van der Waals surface area contributed by atoms with Crippen LogP contribution in [0.1, 0.15) is 11.1 Å². The summed E-state index contributed by atoms with van der Waals surface area (Å²) in [5.41, 5.74) is 0.753. The summed E-state index contributed by atoms with van der Waals surface area (Å²) in [6.07, 6.45) is 4.53. The van der Waals surface area contributed by atoms with Crippen LogP contribution in [-0.4, -0.2) is 53.5 Å². The molecule has 0 spiro atoms. The van der Waals surface area contributed by atoms with E-state index in [0.717, 1.165) is 12.5 Å². The zero-order chi connectivity index (χ0) is 23.9. The molecule has 2 N–H and O–H groups in total. The minimum Gasteiger partial charge on any atom is -0.495 e. The van der Waals surface area contributed by atoms with E-state index in [4.69, 9.17) is 18.5 Å². The number of nitrogens with one attached hydrogen (secondary N) is 2. The summed E-state index contributed by atoms with van der Waals surface area (Å²) in [6, 6.07) is 2.75. The van der Waals surface area contributed by atoms with Gasteiger partial charge in [-0.2, -0.15) is 0 Å². The molecule has 0 radical (unpaired) electrons. The lowest BCUT2D eigenvalue weighted by Crippen LogP contribution is -2.11. The molecule has 0 aliphatic carbocycles. The molecule has 0 aliphatic heterocycles. The van der Waals surface area contributed by atoms with Crippen LogP contribution in [0.15, 0.2) is 24.5 Å². The van der Waals surface area contributed by atoms with Crippen LogP contribution in [0.4, 0.5) is 11.6 Å². The molecule has 0 saturated carbocycles. The fourth-order valence-corrected chi connectivity index (χ4v) is 3.88. The number of hydrogen-bond acceptors (Lipinski definition) is 11. The van der Waals surface area contributed by atoms with Crippen LogP contribution in [-0.2, 0) is 46.9 Å². The normalized spacial score (nSPS) is 11.6. The first-order valence-corrected chi connectivity index (χ1v) is 13.5. The van der Waals surface area contributed by atoms with Gasteiger partial charge in [0.1, 0.15) is 36.3 Å². The van der Waals surface area contributed by atoms with Gasteiger partial charge in [-0.15, -0.1) is 9.05 Å². The molecule has 0 saturated heterocycles. The highest BCUT2D eigenvalue weighted by Gasteiger charge is 2.24. The van der Waals surface area contributed by atoms with E-state index < -0.39 is 28.3 Å². The maximum Gasteiger partial charge on any atom is 0.698 e. The van der Waals surface area contributed by atoms with Crippen molar-refractivity contribution in [1.29, 1.82) is 0 Å². The van der Waals surface area contributed by atoms with E-state index in [2.05, 4.69) is 19.4 Å². The summed E-state index contributed by atoms with van der Waals surface area (Å²) in [7, 11) is -6.92. The van der Waals surface area contributed by atoms with Gasteiger partial charge < -0.3 is 9.47 Å². The van der Waals surface area contributed by atoms with Gasteiger partial charge in [0.05, 0.1) is 39.1 Å². The molecule has 0 amide bonds.